The Kier molecular flexibility index (Phi) is 3.10. The minimum Gasteiger partial charge on any atom is -0.273 e. The minimum atomic E-state index is 0.711. The van der Waals surface area contributed by atoms with E-state index < -0.39 is 0 Å². The molecule has 0 unspecified atom stereocenters. The summed E-state index contributed by atoms with van der Waals surface area (Å²) in [4.78, 5) is 3.73. The summed E-state index contributed by atoms with van der Waals surface area (Å²) in [5.74, 6) is 0.711. The van der Waals surface area contributed by atoms with E-state index in [4.69, 9.17) is 0 Å². The third kappa shape index (κ3) is 3.09. The number of hydrogen-bond acceptors (Lipinski definition) is 2. The van der Waals surface area contributed by atoms with E-state index in [1.165, 1.54) is 0 Å². The molecule has 40 valence electrons. The molecule has 0 amide bonds. The molecule has 0 saturated carbocycles. The van der Waals surface area contributed by atoms with E-state index in [9.17, 15) is 0 Å². The van der Waals surface area contributed by atoms with Crippen molar-refractivity contribution in [3.8, 4) is 0 Å². The van der Waals surface area contributed by atoms with Crippen LogP contribution in [0, 0.1) is 0 Å². The first-order valence-electron chi connectivity index (χ1n) is 2.04. The van der Waals surface area contributed by atoms with Gasteiger partial charge in [0.05, 0.1) is 0 Å². The molecule has 0 radical (unpaired) electrons. The number of aliphatic imine (C=N–C) groups is 1. The molecule has 0 fully saturated rings. The van der Waals surface area contributed by atoms with Crippen LogP contribution in [-0.2, 0) is 0 Å². The van der Waals surface area contributed by atoms with Gasteiger partial charge in [-0.1, -0.05) is 0 Å². The molecule has 0 aliphatic carbocycles. The molecule has 0 aliphatic heterocycles. The molecule has 0 aromatic heterocycles. The molecule has 0 N–H and O–H groups in total. The Hall–Kier alpha value is -0.730. The smallest absolute Gasteiger partial charge is 0.142 e. The number of hydrogen-bond donors (Lipinski definition) is 0. The maximum Gasteiger partial charge on any atom is 0.142 e. The largest absolute Gasteiger partial charge is 0.273 e. The van der Waals surface area contributed by atoms with E-state index in [1.54, 1.807) is 21.0 Å². The molecule has 0 saturated heterocycles. The number of nitrogens with zero attached hydrogens (tertiary/aromatic N) is 3. The van der Waals surface area contributed by atoms with Gasteiger partial charge in [-0.2, -0.15) is 5.11 Å². The van der Waals surface area contributed by atoms with Gasteiger partial charge in [0.15, 0.2) is 0 Å². The summed E-state index contributed by atoms with van der Waals surface area (Å²) in [5.41, 5.74) is 0. The van der Waals surface area contributed by atoms with Gasteiger partial charge in [0, 0.05) is 14.1 Å². The fourth-order valence-electron chi connectivity index (χ4n) is 0.189. The Labute approximate surface area is 43.2 Å². The monoisotopic (exact) mass is 99.1 g/mol. The maximum absolute atomic E-state index is 3.73. The first-order valence-corrected chi connectivity index (χ1v) is 2.04. The highest BCUT2D eigenvalue weighted by Crippen LogP contribution is 1.75. The van der Waals surface area contributed by atoms with E-state index in [-0.39, 0.29) is 0 Å². The van der Waals surface area contributed by atoms with Gasteiger partial charge in [0.1, 0.15) is 5.84 Å². The molecule has 0 spiro atoms. The van der Waals surface area contributed by atoms with Crippen molar-refractivity contribution in [1.29, 1.82) is 0 Å². The van der Waals surface area contributed by atoms with Crippen LogP contribution >= 0.6 is 0 Å². The fraction of sp³-hybridized carbons (Fsp3) is 0.750. The lowest BCUT2D eigenvalue weighted by atomic mass is 10.7. The molecule has 7 heavy (non-hydrogen) atoms. The predicted molar refractivity (Wildman–Crippen MR) is 29.8 cm³/mol. The summed E-state index contributed by atoms with van der Waals surface area (Å²) in [5, 5.41) is 7.12. The molecular formula is C4H9N3. The zero-order chi connectivity index (χ0) is 5.70. The maximum atomic E-state index is 3.73. The van der Waals surface area contributed by atoms with Crippen LogP contribution in [0.25, 0.3) is 0 Å². The molecule has 0 rings (SSSR count). The Morgan fingerprint density at radius 1 is 1.29 bits per heavy atom. The van der Waals surface area contributed by atoms with Crippen molar-refractivity contribution in [2.45, 2.75) is 6.92 Å². The van der Waals surface area contributed by atoms with E-state index in [0.717, 1.165) is 0 Å². The van der Waals surface area contributed by atoms with Crippen LogP contribution in [0.4, 0.5) is 0 Å². The summed E-state index contributed by atoms with van der Waals surface area (Å²) in [6.45, 7) is 1.80. The topological polar surface area (TPSA) is 37.1 Å². The summed E-state index contributed by atoms with van der Waals surface area (Å²) in [7, 11) is 3.30. The van der Waals surface area contributed by atoms with Gasteiger partial charge in [0.2, 0.25) is 0 Å². The molecule has 0 atom stereocenters. The molecule has 0 aromatic carbocycles. The average Bonchev–Trinajstić information content (AvgIpc) is 1.68. The van der Waals surface area contributed by atoms with Crippen LogP contribution in [0.5, 0.6) is 0 Å². The van der Waals surface area contributed by atoms with Gasteiger partial charge in [-0.25, -0.2) is 0 Å². The average molecular weight is 99.1 g/mol. The summed E-state index contributed by atoms with van der Waals surface area (Å²) in [6, 6.07) is 0. The second-order valence-corrected chi connectivity index (χ2v) is 1.07. The van der Waals surface area contributed by atoms with Gasteiger partial charge in [-0.15, -0.1) is 5.11 Å². The third-order valence-electron chi connectivity index (χ3n) is 0.568. The van der Waals surface area contributed by atoms with Crippen LogP contribution in [-0.4, -0.2) is 19.9 Å². The zero-order valence-corrected chi connectivity index (χ0v) is 4.84. The fourth-order valence-corrected chi connectivity index (χ4v) is 0.189. The van der Waals surface area contributed by atoms with E-state index in [2.05, 4.69) is 15.2 Å². The second-order valence-electron chi connectivity index (χ2n) is 1.07. The summed E-state index contributed by atoms with van der Waals surface area (Å²) >= 11 is 0. The van der Waals surface area contributed by atoms with Crippen molar-refractivity contribution in [3.05, 3.63) is 0 Å². The number of amidine groups is 1. The summed E-state index contributed by atoms with van der Waals surface area (Å²) < 4.78 is 0. The van der Waals surface area contributed by atoms with E-state index in [1.807, 2.05) is 0 Å². The molecule has 0 bridgehead atoms. The molecule has 0 aromatic rings. The molecule has 0 heterocycles. The zero-order valence-electron chi connectivity index (χ0n) is 4.84. The molecule has 3 heteroatoms. The molecule has 0 aliphatic rings. The molecular weight excluding hydrogens is 90.1 g/mol. The second kappa shape index (κ2) is 3.46. The lowest BCUT2D eigenvalue weighted by Gasteiger charge is -1.79. The van der Waals surface area contributed by atoms with Crippen LogP contribution in [0.3, 0.4) is 0 Å². The van der Waals surface area contributed by atoms with Crippen molar-refractivity contribution in [2.24, 2.45) is 15.2 Å². The highest BCUT2D eigenvalue weighted by Gasteiger charge is 1.74. The van der Waals surface area contributed by atoms with Crippen molar-refractivity contribution < 1.29 is 0 Å². The Morgan fingerprint density at radius 2 is 1.86 bits per heavy atom. The normalized spacial score (nSPS) is 13.3. The van der Waals surface area contributed by atoms with Crippen LogP contribution < -0.4 is 0 Å². The Balaban J connectivity index is 3.58. The first-order chi connectivity index (χ1) is 3.31. The standard InChI is InChI=1S/C4H9N3/c1-4(5-2)7-6-3/h1-3H3/b5-4-,7-6-. The Morgan fingerprint density at radius 3 is 2.00 bits per heavy atom. The van der Waals surface area contributed by atoms with E-state index in [0.29, 0.717) is 5.84 Å². The van der Waals surface area contributed by atoms with E-state index >= 15 is 0 Å². The first kappa shape index (κ1) is 6.27. The highest BCUT2D eigenvalue weighted by molar-refractivity contribution is 5.79. The van der Waals surface area contributed by atoms with Crippen molar-refractivity contribution >= 4 is 5.84 Å². The highest BCUT2D eigenvalue weighted by atomic mass is 15.1. The van der Waals surface area contributed by atoms with Crippen molar-refractivity contribution in [3.63, 3.8) is 0 Å². The third-order valence-corrected chi connectivity index (χ3v) is 0.568. The lowest BCUT2D eigenvalue weighted by Crippen LogP contribution is -1.79. The van der Waals surface area contributed by atoms with Crippen molar-refractivity contribution in [2.75, 3.05) is 14.1 Å². The lowest BCUT2D eigenvalue weighted by molar-refractivity contribution is 1.18. The van der Waals surface area contributed by atoms with Gasteiger partial charge in [-0.3, -0.25) is 4.99 Å². The predicted octanol–water partition coefficient (Wildman–Crippen LogP) is 1.12. The quantitative estimate of drug-likeness (QED) is 0.248. The van der Waals surface area contributed by atoms with Gasteiger partial charge >= 0.3 is 0 Å². The van der Waals surface area contributed by atoms with Gasteiger partial charge < -0.3 is 0 Å². The SMILES string of the molecule is C/N=N\C(C)=N/C. The Bertz CT molecular complexity index is 93.1. The molecule has 3 nitrogen and oxygen atoms in total. The van der Waals surface area contributed by atoms with Crippen LogP contribution in [0.1, 0.15) is 6.92 Å². The number of azo groups is 1. The number of rotatable bonds is 0. The van der Waals surface area contributed by atoms with Crippen LogP contribution in [0.2, 0.25) is 0 Å². The van der Waals surface area contributed by atoms with Gasteiger partial charge in [0.25, 0.3) is 0 Å². The van der Waals surface area contributed by atoms with Crippen molar-refractivity contribution in [1.82, 2.24) is 0 Å². The van der Waals surface area contributed by atoms with Gasteiger partial charge in [-0.05, 0) is 6.92 Å². The summed E-state index contributed by atoms with van der Waals surface area (Å²) in [6.07, 6.45) is 0. The van der Waals surface area contributed by atoms with Crippen LogP contribution in [0.15, 0.2) is 15.2 Å². The minimum absolute atomic E-state index is 0.711.